The predicted octanol–water partition coefficient (Wildman–Crippen LogP) is 4.55. The van der Waals surface area contributed by atoms with Crippen LogP contribution in [0.3, 0.4) is 0 Å². The van der Waals surface area contributed by atoms with Crippen molar-refractivity contribution in [2.75, 3.05) is 6.54 Å². The average molecular weight is 414 g/mol. The number of sulfonamides is 1. The number of aliphatic hydroxyl groups is 1. The van der Waals surface area contributed by atoms with Crippen LogP contribution in [0.5, 0.6) is 0 Å². The lowest BCUT2D eigenvalue weighted by molar-refractivity contribution is 0.203. The van der Waals surface area contributed by atoms with Gasteiger partial charge in [0.2, 0.25) is 10.0 Å². The quantitative estimate of drug-likeness (QED) is 0.729. The van der Waals surface area contributed by atoms with E-state index >= 15 is 0 Å². The van der Waals surface area contributed by atoms with Gasteiger partial charge in [-0.3, -0.25) is 0 Å². The number of aliphatic hydroxyl groups excluding tert-OH is 1. The third-order valence-corrected chi connectivity index (χ3v) is 8.69. The molecule has 1 fully saturated rings. The molecule has 1 saturated carbocycles. The summed E-state index contributed by atoms with van der Waals surface area (Å²) in [7, 11) is -3.64. The molecule has 0 spiro atoms. The molecule has 1 unspecified atom stereocenters. The van der Waals surface area contributed by atoms with Crippen LogP contribution in [0.4, 0.5) is 0 Å². The largest absolute Gasteiger partial charge is 0.388 e. The highest BCUT2D eigenvalue weighted by Gasteiger charge is 2.38. The fraction of sp³-hybridized carbons (Fsp3) is 0.474. The van der Waals surface area contributed by atoms with Crippen LogP contribution in [0.15, 0.2) is 35.2 Å². The van der Waals surface area contributed by atoms with E-state index in [0.29, 0.717) is 17.1 Å². The van der Waals surface area contributed by atoms with Crippen LogP contribution < -0.4 is 4.72 Å². The minimum atomic E-state index is -3.64. The first-order chi connectivity index (χ1) is 12.3. The molecule has 0 bridgehead atoms. The second-order valence-corrected chi connectivity index (χ2v) is 10.3. The van der Waals surface area contributed by atoms with Crippen molar-refractivity contribution < 1.29 is 13.5 Å². The maximum Gasteiger partial charge on any atom is 0.240 e. The highest BCUT2D eigenvalue weighted by Crippen LogP contribution is 2.44. The normalized spacial score (nSPS) is 18.2. The molecule has 1 aromatic heterocycles. The zero-order valence-corrected chi connectivity index (χ0v) is 17.3. The van der Waals surface area contributed by atoms with E-state index in [1.165, 1.54) is 0 Å². The Morgan fingerprint density at radius 1 is 1.27 bits per heavy atom. The number of halogens is 1. The van der Waals surface area contributed by atoms with Crippen LogP contribution in [0.25, 0.3) is 0 Å². The van der Waals surface area contributed by atoms with Crippen molar-refractivity contribution in [3.05, 3.63) is 50.7 Å². The fourth-order valence-electron chi connectivity index (χ4n) is 3.61. The maximum atomic E-state index is 12.8. The van der Waals surface area contributed by atoms with Gasteiger partial charge in [0.05, 0.1) is 11.0 Å². The first-order valence-electron chi connectivity index (χ1n) is 8.78. The molecule has 0 amide bonds. The summed E-state index contributed by atoms with van der Waals surface area (Å²) in [4.78, 5) is 2.30. The molecule has 1 aromatic carbocycles. The Kier molecular flexibility index (Phi) is 5.80. The molecule has 142 valence electrons. The topological polar surface area (TPSA) is 66.4 Å². The van der Waals surface area contributed by atoms with Crippen molar-refractivity contribution in [3.63, 3.8) is 0 Å². The van der Waals surface area contributed by atoms with Gasteiger partial charge < -0.3 is 5.11 Å². The van der Waals surface area contributed by atoms with E-state index in [1.54, 1.807) is 43.4 Å². The van der Waals surface area contributed by atoms with Gasteiger partial charge in [0.25, 0.3) is 0 Å². The zero-order chi connectivity index (χ0) is 18.9. The van der Waals surface area contributed by atoms with Crippen molar-refractivity contribution in [2.45, 2.75) is 55.9 Å². The van der Waals surface area contributed by atoms with E-state index in [9.17, 15) is 13.5 Å². The maximum absolute atomic E-state index is 12.8. The molecule has 26 heavy (non-hydrogen) atoms. The van der Waals surface area contributed by atoms with Crippen molar-refractivity contribution in [2.24, 2.45) is 0 Å². The lowest BCUT2D eigenvalue weighted by Gasteiger charge is -2.28. The van der Waals surface area contributed by atoms with E-state index in [2.05, 4.69) is 4.72 Å². The van der Waals surface area contributed by atoms with E-state index in [1.807, 2.05) is 12.1 Å². The second kappa shape index (κ2) is 7.60. The van der Waals surface area contributed by atoms with Crippen LogP contribution in [-0.4, -0.2) is 20.1 Å². The number of rotatable bonds is 6. The summed E-state index contributed by atoms with van der Waals surface area (Å²) in [6.45, 7) is 3.83. The number of benzene rings is 1. The summed E-state index contributed by atoms with van der Waals surface area (Å²) in [5, 5.41) is 10.3. The molecule has 1 atom stereocenters. The zero-order valence-electron chi connectivity index (χ0n) is 15.0. The minimum absolute atomic E-state index is 0.197. The van der Waals surface area contributed by atoms with Gasteiger partial charge in [-0.05, 0) is 56.5 Å². The Morgan fingerprint density at radius 3 is 2.58 bits per heavy atom. The molecule has 3 rings (SSSR count). The molecule has 0 radical (unpaired) electrons. The van der Waals surface area contributed by atoms with Gasteiger partial charge in [0.1, 0.15) is 0 Å². The highest BCUT2D eigenvalue weighted by molar-refractivity contribution is 7.89. The third-order valence-electron chi connectivity index (χ3n) is 5.23. The summed E-state index contributed by atoms with van der Waals surface area (Å²) in [6.07, 6.45) is 3.56. The standard InChI is InChI=1S/C19H24ClNO3S2/c1-13-15(20)6-5-7-17(13)26(23,24)21-12-19(10-3-4-11-19)18-9-8-16(25-18)14(2)22/h5-9,14,21-22H,3-4,10-12H2,1-2H3. The van der Waals surface area contributed by atoms with Gasteiger partial charge in [-0.25, -0.2) is 13.1 Å². The van der Waals surface area contributed by atoms with Crippen molar-refractivity contribution in [3.8, 4) is 0 Å². The monoisotopic (exact) mass is 413 g/mol. The Bertz CT molecular complexity index is 884. The van der Waals surface area contributed by atoms with Gasteiger partial charge in [0, 0.05) is 26.7 Å². The van der Waals surface area contributed by atoms with E-state index in [0.717, 1.165) is 35.4 Å². The average Bonchev–Trinajstić information content (AvgIpc) is 3.25. The third kappa shape index (κ3) is 3.85. The van der Waals surface area contributed by atoms with E-state index < -0.39 is 16.1 Å². The Hall–Kier alpha value is -0.920. The molecule has 0 aliphatic heterocycles. The Labute approximate surface area is 164 Å². The summed E-state index contributed by atoms with van der Waals surface area (Å²) in [5.74, 6) is 0. The van der Waals surface area contributed by atoms with Crippen LogP contribution in [0, 0.1) is 6.92 Å². The van der Waals surface area contributed by atoms with Crippen molar-refractivity contribution >= 4 is 33.0 Å². The van der Waals surface area contributed by atoms with Gasteiger partial charge in [-0.1, -0.05) is 30.5 Å². The number of thiophene rings is 1. The molecule has 1 aliphatic rings. The minimum Gasteiger partial charge on any atom is -0.388 e. The van der Waals surface area contributed by atoms with Crippen LogP contribution in [-0.2, 0) is 15.4 Å². The van der Waals surface area contributed by atoms with E-state index in [4.69, 9.17) is 11.6 Å². The van der Waals surface area contributed by atoms with Gasteiger partial charge in [0.15, 0.2) is 0 Å². The molecular weight excluding hydrogens is 390 g/mol. The SMILES string of the molecule is Cc1c(Cl)cccc1S(=O)(=O)NCC1(c2ccc(C(C)O)s2)CCCC1. The molecule has 2 N–H and O–H groups in total. The summed E-state index contributed by atoms with van der Waals surface area (Å²) >= 11 is 7.67. The number of hydrogen-bond donors (Lipinski definition) is 2. The highest BCUT2D eigenvalue weighted by atomic mass is 35.5. The summed E-state index contributed by atoms with van der Waals surface area (Å²) in [5.41, 5.74) is 0.367. The molecule has 2 aromatic rings. The molecular formula is C19H24ClNO3S2. The smallest absolute Gasteiger partial charge is 0.240 e. The second-order valence-electron chi connectivity index (χ2n) is 7.05. The summed E-state index contributed by atoms with van der Waals surface area (Å²) in [6, 6.07) is 8.92. The number of hydrogen-bond acceptors (Lipinski definition) is 4. The van der Waals surface area contributed by atoms with Gasteiger partial charge in [-0.2, -0.15) is 0 Å². The first-order valence-corrected chi connectivity index (χ1v) is 11.5. The van der Waals surface area contributed by atoms with Gasteiger partial charge in [-0.15, -0.1) is 11.3 Å². The van der Waals surface area contributed by atoms with Crippen molar-refractivity contribution in [1.29, 1.82) is 0 Å². The first kappa shape index (κ1) is 19.8. The lowest BCUT2D eigenvalue weighted by Crippen LogP contribution is -2.38. The number of nitrogens with one attached hydrogen (secondary N) is 1. The molecule has 4 nitrogen and oxygen atoms in total. The van der Waals surface area contributed by atoms with Crippen LogP contribution in [0.1, 0.15) is 54.0 Å². The van der Waals surface area contributed by atoms with Crippen LogP contribution in [0.2, 0.25) is 5.02 Å². The summed E-state index contributed by atoms with van der Waals surface area (Å²) < 4.78 is 28.5. The molecule has 0 saturated heterocycles. The van der Waals surface area contributed by atoms with Gasteiger partial charge >= 0.3 is 0 Å². The lowest BCUT2D eigenvalue weighted by atomic mass is 9.85. The van der Waals surface area contributed by atoms with E-state index in [-0.39, 0.29) is 10.3 Å². The Balaban J connectivity index is 1.86. The van der Waals surface area contributed by atoms with Crippen molar-refractivity contribution in [1.82, 2.24) is 4.72 Å². The predicted molar refractivity (Wildman–Crippen MR) is 106 cm³/mol. The Morgan fingerprint density at radius 2 is 1.96 bits per heavy atom. The van der Waals surface area contributed by atoms with Crippen LogP contribution >= 0.6 is 22.9 Å². The molecule has 1 heterocycles. The fourth-order valence-corrected chi connectivity index (χ4v) is 6.43. The molecule has 1 aliphatic carbocycles. The molecule has 7 heteroatoms.